The van der Waals surface area contributed by atoms with Crippen LogP contribution >= 0.6 is 34.3 Å². The molecule has 0 saturated carbocycles. The predicted molar refractivity (Wildman–Crippen MR) is 105 cm³/mol. The van der Waals surface area contributed by atoms with E-state index in [4.69, 9.17) is 16.3 Å². The van der Waals surface area contributed by atoms with E-state index in [1.807, 2.05) is 29.1 Å². The van der Waals surface area contributed by atoms with Crippen LogP contribution in [0.3, 0.4) is 0 Å². The minimum Gasteiger partial charge on any atom is -0.455 e. The summed E-state index contributed by atoms with van der Waals surface area (Å²) in [5.41, 5.74) is 3.14. The van der Waals surface area contributed by atoms with E-state index in [9.17, 15) is 9.59 Å². The van der Waals surface area contributed by atoms with Crippen LogP contribution in [0.4, 0.5) is 5.69 Å². The zero-order valence-corrected chi connectivity index (χ0v) is 16.2. The van der Waals surface area contributed by atoms with Gasteiger partial charge in [-0.3, -0.25) is 9.59 Å². The number of carbonyl (C=O) groups is 2. The highest BCUT2D eigenvalue weighted by atomic mass is 35.5. The van der Waals surface area contributed by atoms with Gasteiger partial charge >= 0.3 is 5.97 Å². The topological polar surface area (TPSA) is 68.3 Å². The average Bonchev–Trinajstić information content (AvgIpc) is 3.28. The van der Waals surface area contributed by atoms with Gasteiger partial charge in [0.05, 0.1) is 12.1 Å². The molecular formula is C18H15ClN2O3S2. The normalized spacial score (nSPS) is 10.5. The molecule has 5 nitrogen and oxygen atoms in total. The third-order valence-electron chi connectivity index (χ3n) is 3.48. The number of thiophene rings is 1. The third kappa shape index (κ3) is 4.91. The maximum atomic E-state index is 11.9. The predicted octanol–water partition coefficient (Wildman–Crippen LogP) is 4.56. The number of hydrogen-bond acceptors (Lipinski definition) is 6. The molecule has 2 heterocycles. The summed E-state index contributed by atoms with van der Waals surface area (Å²) in [5.74, 6) is -0.911. The quantitative estimate of drug-likeness (QED) is 0.609. The smallest absolute Gasteiger partial charge is 0.312 e. The van der Waals surface area contributed by atoms with Gasteiger partial charge in [-0.25, -0.2) is 4.98 Å². The molecular weight excluding hydrogens is 392 g/mol. The molecule has 8 heteroatoms. The maximum Gasteiger partial charge on any atom is 0.312 e. The molecule has 0 unspecified atom stereocenters. The van der Waals surface area contributed by atoms with Crippen molar-refractivity contribution < 1.29 is 14.3 Å². The number of nitrogens with zero attached hydrogens (tertiary/aromatic N) is 1. The van der Waals surface area contributed by atoms with E-state index in [-0.39, 0.29) is 13.0 Å². The molecule has 0 aliphatic rings. The SMILES string of the molecule is Cc1ccc(Cl)cc1NC(=O)COC(=O)Cc1csc(-c2ccsc2)n1. The third-order valence-corrected chi connectivity index (χ3v) is 5.34. The first-order chi connectivity index (χ1) is 12.5. The first kappa shape index (κ1) is 18.6. The number of nitrogens with one attached hydrogen (secondary N) is 1. The van der Waals surface area contributed by atoms with Gasteiger partial charge in [-0.2, -0.15) is 11.3 Å². The number of carbonyl (C=O) groups excluding carboxylic acids is 2. The Morgan fingerprint density at radius 2 is 2.12 bits per heavy atom. The highest BCUT2D eigenvalue weighted by Crippen LogP contribution is 2.26. The van der Waals surface area contributed by atoms with Crippen LogP contribution < -0.4 is 5.32 Å². The van der Waals surface area contributed by atoms with E-state index in [2.05, 4.69) is 10.3 Å². The van der Waals surface area contributed by atoms with Crippen LogP contribution in [0.25, 0.3) is 10.6 Å². The van der Waals surface area contributed by atoms with E-state index < -0.39 is 11.9 Å². The van der Waals surface area contributed by atoms with Gasteiger partial charge in [-0.05, 0) is 36.1 Å². The molecule has 2 aromatic heterocycles. The zero-order valence-electron chi connectivity index (χ0n) is 13.8. The Labute approximate surface area is 163 Å². The summed E-state index contributed by atoms with van der Waals surface area (Å²) < 4.78 is 5.03. The van der Waals surface area contributed by atoms with E-state index in [1.54, 1.807) is 29.5 Å². The Bertz CT molecular complexity index is 922. The van der Waals surface area contributed by atoms with Gasteiger partial charge in [0, 0.05) is 27.0 Å². The molecule has 1 aromatic carbocycles. The van der Waals surface area contributed by atoms with Crippen molar-refractivity contribution in [2.75, 3.05) is 11.9 Å². The number of thiazole rings is 1. The summed E-state index contributed by atoms with van der Waals surface area (Å²) in [6.45, 7) is 1.50. The summed E-state index contributed by atoms with van der Waals surface area (Å²) in [7, 11) is 0. The molecule has 3 rings (SSSR count). The molecule has 1 amide bonds. The van der Waals surface area contributed by atoms with E-state index in [0.717, 1.165) is 16.1 Å². The Morgan fingerprint density at radius 1 is 1.27 bits per heavy atom. The highest BCUT2D eigenvalue weighted by molar-refractivity contribution is 7.14. The second-order valence-corrected chi connectivity index (χ2v) is 7.58. The maximum absolute atomic E-state index is 11.9. The minimum atomic E-state index is -0.495. The first-order valence-electron chi connectivity index (χ1n) is 7.70. The van der Waals surface area contributed by atoms with Crippen molar-refractivity contribution in [3.8, 4) is 10.6 Å². The first-order valence-corrected chi connectivity index (χ1v) is 9.90. The lowest BCUT2D eigenvalue weighted by Gasteiger charge is -2.09. The summed E-state index contributed by atoms with van der Waals surface area (Å²) in [5, 5.41) is 9.87. The number of amides is 1. The van der Waals surface area contributed by atoms with E-state index in [0.29, 0.717) is 16.4 Å². The summed E-state index contributed by atoms with van der Waals surface area (Å²) >= 11 is 8.98. The number of halogens is 1. The molecule has 0 saturated heterocycles. The second kappa shape index (κ2) is 8.44. The van der Waals surface area contributed by atoms with Crippen molar-refractivity contribution >= 4 is 51.8 Å². The number of aryl methyl sites for hydroxylation is 1. The van der Waals surface area contributed by atoms with Crippen molar-refractivity contribution in [2.24, 2.45) is 0 Å². The zero-order chi connectivity index (χ0) is 18.5. The van der Waals surface area contributed by atoms with Crippen LogP contribution in [0.2, 0.25) is 5.02 Å². The van der Waals surface area contributed by atoms with Gasteiger partial charge in [0.2, 0.25) is 0 Å². The van der Waals surface area contributed by atoms with Crippen molar-refractivity contribution in [2.45, 2.75) is 13.3 Å². The Morgan fingerprint density at radius 3 is 2.88 bits per heavy atom. The molecule has 26 heavy (non-hydrogen) atoms. The molecule has 0 spiro atoms. The van der Waals surface area contributed by atoms with Gasteiger partial charge in [-0.15, -0.1) is 11.3 Å². The van der Waals surface area contributed by atoms with Crippen molar-refractivity contribution in [3.63, 3.8) is 0 Å². The molecule has 3 aromatic rings. The Kier molecular flexibility index (Phi) is 6.03. The fourth-order valence-electron chi connectivity index (χ4n) is 2.17. The van der Waals surface area contributed by atoms with Crippen LogP contribution in [0.15, 0.2) is 40.4 Å². The van der Waals surface area contributed by atoms with E-state index >= 15 is 0 Å². The number of rotatable bonds is 6. The molecule has 0 radical (unpaired) electrons. The standard InChI is InChI=1S/C18H15ClN2O3S2/c1-11-2-3-13(19)6-15(11)21-16(22)8-24-17(23)7-14-10-26-18(20-14)12-4-5-25-9-12/h2-6,9-10H,7-8H2,1H3,(H,21,22). The van der Waals surface area contributed by atoms with E-state index in [1.165, 1.54) is 11.3 Å². The van der Waals surface area contributed by atoms with Gasteiger partial charge in [0.25, 0.3) is 5.91 Å². The molecule has 0 aliphatic heterocycles. The lowest BCUT2D eigenvalue weighted by molar-refractivity contribution is -0.146. The van der Waals surface area contributed by atoms with Gasteiger partial charge in [0.15, 0.2) is 6.61 Å². The van der Waals surface area contributed by atoms with Crippen LogP contribution in [0.1, 0.15) is 11.3 Å². The molecule has 134 valence electrons. The minimum absolute atomic E-state index is 0.0319. The monoisotopic (exact) mass is 406 g/mol. The van der Waals surface area contributed by atoms with Crippen LogP contribution in [-0.2, 0) is 20.7 Å². The number of benzene rings is 1. The summed E-state index contributed by atoms with van der Waals surface area (Å²) in [6, 6.07) is 7.17. The van der Waals surface area contributed by atoms with Gasteiger partial charge < -0.3 is 10.1 Å². The fraction of sp³-hybridized carbons (Fsp3) is 0.167. The molecule has 0 atom stereocenters. The summed E-state index contributed by atoms with van der Waals surface area (Å²) in [4.78, 5) is 28.3. The number of esters is 1. The van der Waals surface area contributed by atoms with Crippen LogP contribution in [0, 0.1) is 6.92 Å². The molecule has 1 N–H and O–H groups in total. The lowest BCUT2D eigenvalue weighted by atomic mass is 10.2. The van der Waals surface area contributed by atoms with Crippen molar-refractivity contribution in [1.82, 2.24) is 4.98 Å². The average molecular weight is 407 g/mol. The van der Waals surface area contributed by atoms with Crippen LogP contribution in [0.5, 0.6) is 0 Å². The summed E-state index contributed by atoms with van der Waals surface area (Å²) in [6.07, 6.45) is 0.0319. The molecule has 0 aliphatic carbocycles. The van der Waals surface area contributed by atoms with Crippen molar-refractivity contribution in [3.05, 3.63) is 56.7 Å². The number of ether oxygens (including phenoxy) is 1. The Hall–Kier alpha value is -2.22. The molecule has 0 bridgehead atoms. The number of hydrogen-bond donors (Lipinski definition) is 1. The van der Waals surface area contributed by atoms with Gasteiger partial charge in [0.1, 0.15) is 5.01 Å². The molecule has 0 fully saturated rings. The Balaban J connectivity index is 1.49. The lowest BCUT2D eigenvalue weighted by Crippen LogP contribution is -2.22. The van der Waals surface area contributed by atoms with Crippen molar-refractivity contribution in [1.29, 1.82) is 0 Å². The highest BCUT2D eigenvalue weighted by Gasteiger charge is 2.13. The van der Waals surface area contributed by atoms with Crippen LogP contribution in [-0.4, -0.2) is 23.5 Å². The number of anilines is 1. The second-order valence-electron chi connectivity index (χ2n) is 5.50. The number of aromatic nitrogens is 1. The fourth-order valence-corrected chi connectivity index (χ4v) is 3.87. The largest absolute Gasteiger partial charge is 0.455 e. The van der Waals surface area contributed by atoms with Gasteiger partial charge in [-0.1, -0.05) is 17.7 Å².